The Morgan fingerprint density at radius 1 is 1.50 bits per heavy atom. The van der Waals surface area contributed by atoms with E-state index < -0.39 is 5.97 Å². The number of aliphatic hydroxyl groups excluding tert-OH is 1. The van der Waals surface area contributed by atoms with Gasteiger partial charge in [-0.2, -0.15) is 0 Å². The highest BCUT2D eigenvalue weighted by atomic mass is 16.4. The van der Waals surface area contributed by atoms with Crippen molar-refractivity contribution < 1.29 is 19.4 Å². The molecule has 2 rings (SSSR count). The number of para-hydroxylation sites is 1. The van der Waals surface area contributed by atoms with E-state index in [0.717, 1.165) is 6.08 Å². The molecule has 2 N–H and O–H groups in total. The molecular formula is C11H9NO4. The quantitative estimate of drug-likeness (QED) is 0.762. The third kappa shape index (κ3) is 1.94. The zero-order valence-corrected chi connectivity index (χ0v) is 8.25. The molecule has 0 saturated carbocycles. The summed E-state index contributed by atoms with van der Waals surface area (Å²) in [5.74, 6) is -0.815. The number of nitrogens with zero attached hydrogens (tertiary/aromatic N) is 1. The highest BCUT2D eigenvalue weighted by Gasteiger charge is 2.07. The van der Waals surface area contributed by atoms with Crippen molar-refractivity contribution >= 4 is 23.1 Å². The molecule has 5 heteroatoms. The number of aromatic nitrogens is 1. The number of hydrogen-bond acceptors (Lipinski definition) is 4. The number of hydrogen-bond donors (Lipinski definition) is 2. The largest absolute Gasteiger partial charge is 0.478 e. The summed E-state index contributed by atoms with van der Waals surface area (Å²) in [5.41, 5.74) is 1.69. The summed E-state index contributed by atoms with van der Waals surface area (Å²) in [6, 6.07) is 5.19. The van der Waals surface area contributed by atoms with Crippen LogP contribution in [0.25, 0.3) is 17.2 Å². The maximum absolute atomic E-state index is 10.4. The lowest BCUT2D eigenvalue weighted by Gasteiger charge is -1.92. The fourth-order valence-electron chi connectivity index (χ4n) is 1.38. The van der Waals surface area contributed by atoms with Gasteiger partial charge in [0.15, 0.2) is 5.58 Å². The number of carbonyl (C=O) groups is 1. The number of rotatable bonds is 3. The van der Waals surface area contributed by atoms with Crippen LogP contribution in [0.5, 0.6) is 0 Å². The number of benzene rings is 1. The second kappa shape index (κ2) is 4.16. The molecule has 5 nitrogen and oxygen atoms in total. The lowest BCUT2D eigenvalue weighted by atomic mass is 10.2. The molecule has 0 aliphatic heterocycles. The lowest BCUT2D eigenvalue weighted by Crippen LogP contribution is -1.85. The van der Waals surface area contributed by atoms with E-state index in [1.165, 1.54) is 6.08 Å². The van der Waals surface area contributed by atoms with Gasteiger partial charge in [-0.15, -0.1) is 0 Å². The van der Waals surface area contributed by atoms with Crippen molar-refractivity contribution in [3.63, 3.8) is 0 Å². The monoisotopic (exact) mass is 219 g/mol. The van der Waals surface area contributed by atoms with Crippen LogP contribution >= 0.6 is 0 Å². The van der Waals surface area contributed by atoms with Crippen molar-refractivity contribution in [3.05, 3.63) is 35.7 Å². The average Bonchev–Trinajstić information content (AvgIpc) is 2.69. The van der Waals surface area contributed by atoms with Crippen molar-refractivity contribution in [1.82, 2.24) is 4.98 Å². The summed E-state index contributed by atoms with van der Waals surface area (Å²) in [6.07, 6.45) is 2.45. The van der Waals surface area contributed by atoms with Crippen LogP contribution in [0.1, 0.15) is 11.5 Å². The maximum atomic E-state index is 10.4. The summed E-state index contributed by atoms with van der Waals surface area (Å²) in [5, 5.41) is 17.4. The summed E-state index contributed by atoms with van der Waals surface area (Å²) in [6.45, 7) is -0.281. The number of carboxylic acid groups (broad SMARTS) is 1. The minimum Gasteiger partial charge on any atom is -0.478 e. The molecule has 0 saturated heterocycles. The molecule has 16 heavy (non-hydrogen) atoms. The van der Waals surface area contributed by atoms with Crippen molar-refractivity contribution in [2.75, 3.05) is 0 Å². The molecule has 0 bridgehead atoms. The van der Waals surface area contributed by atoms with Gasteiger partial charge >= 0.3 is 5.97 Å². The molecule has 0 unspecified atom stereocenters. The standard InChI is InChI=1S/C11H9NO4/c13-6-9-12-8-3-1-2-7(11(8)16-9)4-5-10(14)15/h1-5,13H,6H2,(H,14,15)/b5-4+. The zero-order valence-electron chi connectivity index (χ0n) is 8.25. The van der Waals surface area contributed by atoms with E-state index in [1.54, 1.807) is 18.2 Å². The first-order valence-corrected chi connectivity index (χ1v) is 4.61. The number of oxazole rings is 1. The predicted octanol–water partition coefficient (Wildman–Crippen LogP) is 1.42. The van der Waals surface area contributed by atoms with Gasteiger partial charge in [0, 0.05) is 11.6 Å². The zero-order chi connectivity index (χ0) is 11.5. The topological polar surface area (TPSA) is 83.6 Å². The SMILES string of the molecule is O=C(O)/C=C/c1cccc2nc(CO)oc12. The molecule has 82 valence electrons. The summed E-state index contributed by atoms with van der Waals surface area (Å²) in [7, 11) is 0. The van der Waals surface area contributed by atoms with E-state index in [9.17, 15) is 4.79 Å². The molecule has 0 amide bonds. The van der Waals surface area contributed by atoms with Gasteiger partial charge < -0.3 is 14.6 Å². The van der Waals surface area contributed by atoms with Crippen LogP contribution < -0.4 is 0 Å². The van der Waals surface area contributed by atoms with Crippen molar-refractivity contribution in [2.24, 2.45) is 0 Å². The van der Waals surface area contributed by atoms with Gasteiger partial charge in [0.25, 0.3) is 0 Å². The molecule has 1 aromatic carbocycles. The van der Waals surface area contributed by atoms with E-state index in [0.29, 0.717) is 16.7 Å². The molecule has 0 aliphatic carbocycles. The van der Waals surface area contributed by atoms with Crippen LogP contribution in [0.2, 0.25) is 0 Å². The van der Waals surface area contributed by atoms with E-state index in [2.05, 4.69) is 4.98 Å². The molecule has 2 aromatic rings. The predicted molar refractivity (Wildman–Crippen MR) is 56.6 cm³/mol. The van der Waals surface area contributed by atoms with Gasteiger partial charge in [0.1, 0.15) is 12.1 Å². The van der Waals surface area contributed by atoms with E-state index in [4.69, 9.17) is 14.6 Å². The summed E-state index contributed by atoms with van der Waals surface area (Å²) in [4.78, 5) is 14.4. The van der Waals surface area contributed by atoms with Crippen molar-refractivity contribution in [1.29, 1.82) is 0 Å². The fourth-order valence-corrected chi connectivity index (χ4v) is 1.38. The second-order valence-electron chi connectivity index (χ2n) is 3.13. The fraction of sp³-hybridized carbons (Fsp3) is 0.0909. The van der Waals surface area contributed by atoms with E-state index in [1.807, 2.05) is 0 Å². The van der Waals surface area contributed by atoms with E-state index >= 15 is 0 Å². The third-order valence-corrected chi connectivity index (χ3v) is 2.03. The third-order valence-electron chi connectivity index (χ3n) is 2.03. The van der Waals surface area contributed by atoms with Crippen LogP contribution in [-0.2, 0) is 11.4 Å². The second-order valence-corrected chi connectivity index (χ2v) is 3.13. The first kappa shape index (κ1) is 10.4. The first-order chi connectivity index (χ1) is 7.70. The summed E-state index contributed by atoms with van der Waals surface area (Å²) < 4.78 is 5.28. The van der Waals surface area contributed by atoms with Crippen LogP contribution in [-0.4, -0.2) is 21.2 Å². The molecule has 1 aromatic heterocycles. The van der Waals surface area contributed by atoms with Crippen LogP contribution in [0.15, 0.2) is 28.7 Å². The normalized spacial score (nSPS) is 11.3. The van der Waals surface area contributed by atoms with Gasteiger partial charge in [0.2, 0.25) is 5.89 Å². The molecule has 0 fully saturated rings. The van der Waals surface area contributed by atoms with Gasteiger partial charge in [-0.1, -0.05) is 12.1 Å². The minimum absolute atomic E-state index is 0.214. The molecule has 0 atom stereocenters. The maximum Gasteiger partial charge on any atom is 0.328 e. The van der Waals surface area contributed by atoms with Crippen molar-refractivity contribution in [2.45, 2.75) is 6.61 Å². The number of carboxylic acids is 1. The highest BCUT2D eigenvalue weighted by Crippen LogP contribution is 2.21. The molecule has 0 radical (unpaired) electrons. The van der Waals surface area contributed by atoms with Crippen LogP contribution in [0.4, 0.5) is 0 Å². The van der Waals surface area contributed by atoms with Gasteiger partial charge in [-0.05, 0) is 12.1 Å². The number of aliphatic carboxylic acids is 1. The molecule has 0 aliphatic rings. The Hall–Kier alpha value is -2.14. The molecule has 1 heterocycles. The Kier molecular flexibility index (Phi) is 2.70. The Bertz CT molecular complexity index is 556. The minimum atomic E-state index is -1.03. The molecule has 0 spiro atoms. The number of fused-ring (bicyclic) bond motifs is 1. The highest BCUT2D eigenvalue weighted by molar-refractivity contribution is 5.90. The first-order valence-electron chi connectivity index (χ1n) is 4.61. The van der Waals surface area contributed by atoms with Crippen LogP contribution in [0.3, 0.4) is 0 Å². The Labute approximate surface area is 90.6 Å². The Morgan fingerprint density at radius 3 is 3.00 bits per heavy atom. The molecular weight excluding hydrogens is 210 g/mol. The number of aliphatic hydroxyl groups is 1. The van der Waals surface area contributed by atoms with Crippen LogP contribution in [0, 0.1) is 0 Å². The smallest absolute Gasteiger partial charge is 0.328 e. The van der Waals surface area contributed by atoms with Crippen molar-refractivity contribution in [3.8, 4) is 0 Å². The van der Waals surface area contributed by atoms with Gasteiger partial charge in [-0.25, -0.2) is 9.78 Å². The Morgan fingerprint density at radius 2 is 2.31 bits per heavy atom. The Balaban J connectivity index is 2.52. The van der Waals surface area contributed by atoms with E-state index in [-0.39, 0.29) is 12.5 Å². The van der Waals surface area contributed by atoms with Gasteiger partial charge in [0.05, 0.1) is 0 Å². The van der Waals surface area contributed by atoms with Gasteiger partial charge in [-0.3, -0.25) is 0 Å². The average molecular weight is 219 g/mol. The summed E-state index contributed by atoms with van der Waals surface area (Å²) >= 11 is 0. The lowest BCUT2D eigenvalue weighted by molar-refractivity contribution is -0.131.